The number of likely N-dealkylation sites (N-methyl/N-ethyl adjacent to an activating group) is 1. The van der Waals surface area contributed by atoms with E-state index >= 15 is 0 Å². The molecule has 2 atom stereocenters. The molecule has 0 radical (unpaired) electrons. The van der Waals surface area contributed by atoms with Gasteiger partial charge in [0.1, 0.15) is 6.04 Å². The summed E-state index contributed by atoms with van der Waals surface area (Å²) < 4.78 is 0. The van der Waals surface area contributed by atoms with Crippen LogP contribution in [0.15, 0.2) is 24.3 Å². The van der Waals surface area contributed by atoms with E-state index in [1.165, 1.54) is 12.0 Å². The van der Waals surface area contributed by atoms with Crippen LogP contribution in [0.2, 0.25) is 0 Å². The maximum Gasteiger partial charge on any atom is 0.243 e. The van der Waals surface area contributed by atoms with E-state index in [-0.39, 0.29) is 11.8 Å². The van der Waals surface area contributed by atoms with Crippen LogP contribution in [0.5, 0.6) is 0 Å². The summed E-state index contributed by atoms with van der Waals surface area (Å²) in [6.07, 6.45) is 2.91. The summed E-state index contributed by atoms with van der Waals surface area (Å²) in [7, 11) is 2.10. The Morgan fingerprint density at radius 2 is 2.00 bits per heavy atom. The number of carbonyl (C=O) groups is 2. The van der Waals surface area contributed by atoms with Crippen LogP contribution in [0, 0.1) is 0 Å². The Hall–Kier alpha value is -1.88. The molecule has 1 fully saturated rings. The molecule has 0 aliphatic carbocycles. The number of hydrogen-bond acceptors (Lipinski definition) is 3. The van der Waals surface area contributed by atoms with Crippen molar-refractivity contribution in [2.24, 2.45) is 0 Å². The first-order chi connectivity index (χ1) is 11.1. The largest absolute Gasteiger partial charge is 0.353 e. The summed E-state index contributed by atoms with van der Waals surface area (Å²) in [5, 5.41) is 3.07. The lowest BCUT2D eigenvalue weighted by Gasteiger charge is -2.35. The molecule has 0 spiro atoms. The summed E-state index contributed by atoms with van der Waals surface area (Å²) >= 11 is 0. The Bertz CT molecular complexity index is 602. The fourth-order valence-electron chi connectivity index (χ4n) is 3.66. The van der Waals surface area contributed by atoms with E-state index in [1.54, 1.807) is 11.8 Å². The molecule has 0 bridgehead atoms. The third kappa shape index (κ3) is 3.39. The minimum absolute atomic E-state index is 0.0324. The maximum absolute atomic E-state index is 12.7. The zero-order valence-corrected chi connectivity index (χ0v) is 13.9. The highest BCUT2D eigenvalue weighted by Crippen LogP contribution is 2.23. The van der Waals surface area contributed by atoms with E-state index in [0.717, 1.165) is 18.5 Å². The molecule has 1 N–H and O–H groups in total. The average molecular weight is 315 g/mol. The topological polar surface area (TPSA) is 52.7 Å². The minimum Gasteiger partial charge on any atom is -0.353 e. The first-order valence-electron chi connectivity index (χ1n) is 8.38. The Kier molecular flexibility index (Phi) is 4.66. The van der Waals surface area contributed by atoms with Crippen molar-refractivity contribution in [3.8, 4) is 0 Å². The molecular formula is C18H25N3O2. The van der Waals surface area contributed by atoms with Crippen LogP contribution >= 0.6 is 0 Å². The van der Waals surface area contributed by atoms with Crippen LogP contribution in [0.1, 0.15) is 30.9 Å². The van der Waals surface area contributed by atoms with E-state index in [9.17, 15) is 9.59 Å². The molecule has 1 aromatic carbocycles. The van der Waals surface area contributed by atoms with Crippen molar-refractivity contribution in [2.75, 3.05) is 20.1 Å². The van der Waals surface area contributed by atoms with Crippen molar-refractivity contribution in [2.45, 2.75) is 44.8 Å². The summed E-state index contributed by atoms with van der Waals surface area (Å²) in [4.78, 5) is 28.6. The Morgan fingerprint density at radius 1 is 1.26 bits per heavy atom. The molecular weight excluding hydrogens is 290 g/mol. The van der Waals surface area contributed by atoms with Gasteiger partial charge in [-0.1, -0.05) is 24.3 Å². The van der Waals surface area contributed by atoms with Crippen molar-refractivity contribution in [3.05, 3.63) is 35.4 Å². The Balaban J connectivity index is 1.69. The third-order valence-electron chi connectivity index (χ3n) is 5.14. The van der Waals surface area contributed by atoms with Gasteiger partial charge < -0.3 is 15.1 Å². The highest BCUT2D eigenvalue weighted by Gasteiger charge is 2.33. The molecule has 2 aliphatic heterocycles. The normalized spacial score (nSPS) is 24.3. The van der Waals surface area contributed by atoms with Crippen molar-refractivity contribution >= 4 is 11.8 Å². The molecule has 5 heteroatoms. The number of nitrogens with zero attached hydrogens (tertiary/aromatic N) is 2. The second kappa shape index (κ2) is 6.71. The lowest BCUT2D eigenvalue weighted by atomic mass is 9.93. The lowest BCUT2D eigenvalue weighted by molar-refractivity contribution is -0.140. The summed E-state index contributed by atoms with van der Waals surface area (Å²) in [6.45, 7) is 3.82. The lowest BCUT2D eigenvalue weighted by Crippen LogP contribution is -2.53. The van der Waals surface area contributed by atoms with Crippen LogP contribution in [-0.2, 0) is 22.6 Å². The highest BCUT2D eigenvalue weighted by atomic mass is 16.2. The smallest absolute Gasteiger partial charge is 0.243 e. The van der Waals surface area contributed by atoms with E-state index in [4.69, 9.17) is 0 Å². The van der Waals surface area contributed by atoms with E-state index in [2.05, 4.69) is 23.3 Å². The first-order valence-corrected chi connectivity index (χ1v) is 8.38. The summed E-state index contributed by atoms with van der Waals surface area (Å²) in [5.41, 5.74) is 2.31. The minimum atomic E-state index is -0.394. The number of nitrogens with one attached hydrogen (secondary N) is 1. The maximum atomic E-state index is 12.7. The van der Waals surface area contributed by atoms with Crippen LogP contribution in [0.25, 0.3) is 0 Å². The van der Waals surface area contributed by atoms with Gasteiger partial charge in [0.25, 0.3) is 0 Å². The van der Waals surface area contributed by atoms with Gasteiger partial charge in [-0.15, -0.1) is 0 Å². The van der Waals surface area contributed by atoms with Crippen molar-refractivity contribution in [3.63, 3.8) is 0 Å². The number of amides is 2. The van der Waals surface area contributed by atoms with E-state index in [1.807, 2.05) is 18.2 Å². The molecule has 2 aliphatic rings. The fraction of sp³-hybridized carbons (Fsp3) is 0.556. The van der Waals surface area contributed by atoms with Gasteiger partial charge in [0, 0.05) is 32.5 Å². The summed E-state index contributed by atoms with van der Waals surface area (Å²) in [6, 6.07) is 8.08. The van der Waals surface area contributed by atoms with Gasteiger partial charge >= 0.3 is 0 Å². The molecule has 1 saturated heterocycles. The predicted octanol–water partition coefficient (Wildman–Crippen LogP) is 1.17. The van der Waals surface area contributed by atoms with Crippen LogP contribution in [-0.4, -0.2) is 53.8 Å². The van der Waals surface area contributed by atoms with Gasteiger partial charge in [0.2, 0.25) is 11.8 Å². The standard InChI is InChI=1S/C18H25N3O2/c1-13(22)21-12-15-7-4-3-6-14(15)10-17(21)18(23)19-11-16-8-5-9-20(16)2/h3-4,6-7,16-17H,5,8-12H2,1-2H3,(H,19,23)/t16-,17-/m0/s1. The zero-order chi connectivity index (χ0) is 16.4. The molecule has 0 unspecified atom stereocenters. The number of hydrogen-bond donors (Lipinski definition) is 1. The number of carbonyl (C=O) groups excluding carboxylic acids is 2. The predicted molar refractivity (Wildman–Crippen MR) is 88.8 cm³/mol. The van der Waals surface area contributed by atoms with Gasteiger partial charge in [-0.3, -0.25) is 9.59 Å². The van der Waals surface area contributed by atoms with Gasteiger partial charge in [0.15, 0.2) is 0 Å². The molecule has 3 rings (SSSR count). The van der Waals surface area contributed by atoms with E-state index in [0.29, 0.717) is 25.6 Å². The van der Waals surface area contributed by atoms with Crippen LogP contribution in [0.3, 0.4) is 0 Å². The third-order valence-corrected chi connectivity index (χ3v) is 5.14. The van der Waals surface area contributed by atoms with Gasteiger partial charge in [-0.2, -0.15) is 0 Å². The quantitative estimate of drug-likeness (QED) is 0.911. The second-order valence-electron chi connectivity index (χ2n) is 6.66. The molecule has 124 valence electrons. The Labute approximate surface area is 137 Å². The van der Waals surface area contributed by atoms with Crippen molar-refractivity contribution in [1.29, 1.82) is 0 Å². The number of benzene rings is 1. The highest BCUT2D eigenvalue weighted by molar-refractivity contribution is 5.87. The number of rotatable bonds is 3. The van der Waals surface area contributed by atoms with Gasteiger partial charge in [-0.05, 0) is 37.6 Å². The zero-order valence-electron chi connectivity index (χ0n) is 13.9. The Morgan fingerprint density at radius 3 is 2.65 bits per heavy atom. The second-order valence-corrected chi connectivity index (χ2v) is 6.66. The molecule has 0 saturated carbocycles. The fourth-order valence-corrected chi connectivity index (χ4v) is 3.66. The van der Waals surface area contributed by atoms with Gasteiger partial charge in [-0.25, -0.2) is 0 Å². The molecule has 5 nitrogen and oxygen atoms in total. The first kappa shape index (κ1) is 16.0. The molecule has 23 heavy (non-hydrogen) atoms. The molecule has 0 aromatic heterocycles. The van der Waals surface area contributed by atoms with Gasteiger partial charge in [0.05, 0.1) is 0 Å². The van der Waals surface area contributed by atoms with Crippen molar-refractivity contribution in [1.82, 2.24) is 15.1 Å². The molecule has 1 aromatic rings. The van der Waals surface area contributed by atoms with Crippen molar-refractivity contribution < 1.29 is 9.59 Å². The van der Waals surface area contributed by atoms with Crippen LogP contribution in [0.4, 0.5) is 0 Å². The molecule has 2 amide bonds. The SMILES string of the molecule is CC(=O)N1Cc2ccccc2C[C@H]1C(=O)NC[C@@H]1CCCN1C. The summed E-state index contributed by atoms with van der Waals surface area (Å²) in [5.74, 6) is -0.0763. The number of fused-ring (bicyclic) bond motifs is 1. The molecule has 2 heterocycles. The monoisotopic (exact) mass is 315 g/mol. The number of likely N-dealkylation sites (tertiary alicyclic amines) is 1. The van der Waals surface area contributed by atoms with Crippen LogP contribution < -0.4 is 5.32 Å². The average Bonchev–Trinajstić information content (AvgIpc) is 2.96. The van der Waals surface area contributed by atoms with E-state index < -0.39 is 6.04 Å².